The molecule has 0 radical (unpaired) electrons. The summed E-state index contributed by atoms with van der Waals surface area (Å²) < 4.78 is 1.73. The highest BCUT2D eigenvalue weighted by atomic mass is 15.4. The van der Waals surface area contributed by atoms with Crippen LogP contribution < -0.4 is 0 Å². The summed E-state index contributed by atoms with van der Waals surface area (Å²) in [4.78, 5) is 4.79. The Labute approximate surface area is 146 Å². The van der Waals surface area contributed by atoms with Gasteiger partial charge >= 0.3 is 0 Å². The van der Waals surface area contributed by atoms with Crippen LogP contribution in [0.2, 0.25) is 0 Å². The van der Waals surface area contributed by atoms with E-state index in [0.717, 1.165) is 33.9 Å². The zero-order chi connectivity index (χ0) is 17.2. The van der Waals surface area contributed by atoms with Crippen molar-refractivity contribution in [1.29, 1.82) is 0 Å². The van der Waals surface area contributed by atoms with E-state index in [2.05, 4.69) is 15.3 Å². The highest BCUT2D eigenvalue weighted by Gasteiger charge is 2.15. The molecule has 0 N–H and O–H groups in total. The third-order valence-corrected chi connectivity index (χ3v) is 3.97. The van der Waals surface area contributed by atoms with Gasteiger partial charge in [0.1, 0.15) is 11.4 Å². The van der Waals surface area contributed by atoms with Gasteiger partial charge in [0.05, 0.1) is 5.69 Å². The minimum Gasteiger partial charge on any atom is -0.207 e. The summed E-state index contributed by atoms with van der Waals surface area (Å²) in [6.45, 7) is 3.93. The van der Waals surface area contributed by atoms with Crippen molar-refractivity contribution in [2.24, 2.45) is 0 Å². The predicted octanol–water partition coefficient (Wildman–Crippen LogP) is 4.01. The zero-order valence-corrected chi connectivity index (χ0v) is 14.1. The van der Waals surface area contributed by atoms with Gasteiger partial charge in [0.2, 0.25) is 0 Å². The van der Waals surface area contributed by atoms with Crippen LogP contribution in [0, 0.1) is 13.8 Å². The lowest BCUT2D eigenvalue weighted by Gasteiger charge is -2.10. The minimum atomic E-state index is 0.476. The van der Waals surface area contributed by atoms with Gasteiger partial charge in [0.15, 0.2) is 0 Å². The van der Waals surface area contributed by atoms with E-state index >= 15 is 0 Å². The highest BCUT2D eigenvalue weighted by molar-refractivity contribution is 5.77. The van der Waals surface area contributed by atoms with Crippen molar-refractivity contribution in [2.75, 3.05) is 0 Å². The lowest BCUT2D eigenvalue weighted by molar-refractivity contribution is 0.749. The zero-order valence-electron chi connectivity index (χ0n) is 14.1. The van der Waals surface area contributed by atoms with E-state index in [4.69, 9.17) is 4.98 Å². The molecule has 0 aliphatic heterocycles. The van der Waals surface area contributed by atoms with Gasteiger partial charge in [-0.3, -0.25) is 0 Å². The molecule has 4 aromatic rings. The largest absolute Gasteiger partial charge is 0.270 e. The maximum atomic E-state index is 4.79. The Morgan fingerprint density at radius 3 is 1.88 bits per heavy atom. The first-order valence-electron chi connectivity index (χ1n) is 8.11. The second kappa shape index (κ2) is 6.28. The third-order valence-electron chi connectivity index (χ3n) is 3.97. The summed E-state index contributed by atoms with van der Waals surface area (Å²) in [7, 11) is 0. The number of nitrogens with zero attached hydrogens (tertiary/aromatic N) is 5. The van der Waals surface area contributed by atoms with Gasteiger partial charge in [0.25, 0.3) is 5.95 Å². The molecule has 0 fully saturated rings. The first kappa shape index (κ1) is 15.2. The molecule has 2 heterocycles. The maximum absolute atomic E-state index is 4.79. The van der Waals surface area contributed by atoms with E-state index in [0.29, 0.717) is 5.95 Å². The lowest BCUT2D eigenvalue weighted by Crippen LogP contribution is -2.08. The van der Waals surface area contributed by atoms with Gasteiger partial charge in [-0.15, -0.1) is 10.2 Å². The van der Waals surface area contributed by atoms with E-state index < -0.39 is 0 Å². The smallest absolute Gasteiger partial charge is 0.207 e. The van der Waals surface area contributed by atoms with E-state index in [1.165, 1.54) is 0 Å². The molecule has 0 atom stereocenters. The molecule has 0 aliphatic rings. The fraction of sp³-hybridized carbons (Fsp3) is 0.100. The van der Waals surface area contributed by atoms with Gasteiger partial charge in [-0.05, 0) is 19.9 Å². The molecule has 122 valence electrons. The highest BCUT2D eigenvalue weighted by Crippen LogP contribution is 2.28. The Balaban J connectivity index is 1.93. The first-order valence-corrected chi connectivity index (χ1v) is 8.11. The van der Waals surface area contributed by atoms with Crippen molar-refractivity contribution in [2.45, 2.75) is 13.8 Å². The van der Waals surface area contributed by atoms with Crippen molar-refractivity contribution in [3.8, 4) is 28.5 Å². The molecule has 5 heteroatoms. The topological polar surface area (TPSA) is 56.5 Å². The molecule has 0 saturated heterocycles. The Morgan fingerprint density at radius 2 is 1.32 bits per heavy atom. The Morgan fingerprint density at radius 1 is 0.720 bits per heavy atom. The number of aromatic nitrogens is 5. The van der Waals surface area contributed by atoms with Crippen LogP contribution in [0.15, 0.2) is 66.7 Å². The van der Waals surface area contributed by atoms with Gasteiger partial charge in [-0.25, -0.2) is 9.67 Å². The third kappa shape index (κ3) is 2.92. The summed E-state index contributed by atoms with van der Waals surface area (Å²) in [5.74, 6) is 0.476. The molecule has 25 heavy (non-hydrogen) atoms. The molecule has 0 unspecified atom stereocenters. The maximum Gasteiger partial charge on any atom is 0.270 e. The standard InChI is InChI=1S/C20H17N5/c1-14-13-15(2)25(24-14)20-21-18(16-9-5-3-6-10-16)19(22-23-20)17-11-7-4-8-12-17/h3-13H,1-2H3. The Bertz CT molecular complexity index is 1010. The second-order valence-corrected chi connectivity index (χ2v) is 5.88. The van der Waals surface area contributed by atoms with Crippen LogP contribution in [0.1, 0.15) is 11.4 Å². The Kier molecular flexibility index (Phi) is 3.82. The van der Waals surface area contributed by atoms with Crippen LogP contribution in [0.5, 0.6) is 0 Å². The number of aryl methyl sites for hydroxylation is 2. The van der Waals surface area contributed by atoms with Crippen molar-refractivity contribution in [1.82, 2.24) is 25.0 Å². The molecular weight excluding hydrogens is 310 g/mol. The molecule has 0 aliphatic carbocycles. The molecule has 5 nitrogen and oxygen atoms in total. The van der Waals surface area contributed by atoms with Crippen LogP contribution in [0.25, 0.3) is 28.5 Å². The summed E-state index contributed by atoms with van der Waals surface area (Å²) >= 11 is 0. The van der Waals surface area contributed by atoms with Crippen molar-refractivity contribution >= 4 is 0 Å². The summed E-state index contributed by atoms with van der Waals surface area (Å²) in [5, 5.41) is 13.3. The van der Waals surface area contributed by atoms with Crippen LogP contribution in [-0.4, -0.2) is 25.0 Å². The van der Waals surface area contributed by atoms with Crippen LogP contribution >= 0.6 is 0 Å². The SMILES string of the molecule is Cc1cc(C)n(-c2nnc(-c3ccccc3)c(-c3ccccc3)n2)n1. The second-order valence-electron chi connectivity index (χ2n) is 5.88. The molecule has 0 saturated carbocycles. The molecule has 0 bridgehead atoms. The first-order chi connectivity index (χ1) is 12.2. The predicted molar refractivity (Wildman–Crippen MR) is 97.3 cm³/mol. The van der Waals surface area contributed by atoms with E-state index in [1.807, 2.05) is 80.6 Å². The average Bonchev–Trinajstić information content (AvgIpc) is 3.01. The fourth-order valence-corrected chi connectivity index (χ4v) is 2.83. The van der Waals surface area contributed by atoms with E-state index in [1.54, 1.807) is 4.68 Å². The fourth-order valence-electron chi connectivity index (χ4n) is 2.83. The van der Waals surface area contributed by atoms with Crippen LogP contribution in [0.3, 0.4) is 0 Å². The van der Waals surface area contributed by atoms with Crippen LogP contribution in [0.4, 0.5) is 0 Å². The van der Waals surface area contributed by atoms with Crippen molar-refractivity contribution in [3.63, 3.8) is 0 Å². The van der Waals surface area contributed by atoms with Crippen molar-refractivity contribution in [3.05, 3.63) is 78.1 Å². The van der Waals surface area contributed by atoms with E-state index in [-0.39, 0.29) is 0 Å². The molecule has 2 aromatic heterocycles. The van der Waals surface area contributed by atoms with E-state index in [9.17, 15) is 0 Å². The monoisotopic (exact) mass is 327 g/mol. The summed E-state index contributed by atoms with van der Waals surface area (Å²) in [5.41, 5.74) is 5.45. The summed E-state index contributed by atoms with van der Waals surface area (Å²) in [6.07, 6.45) is 0. The van der Waals surface area contributed by atoms with Gasteiger partial charge in [-0.1, -0.05) is 60.7 Å². The molecular formula is C20H17N5. The lowest BCUT2D eigenvalue weighted by atomic mass is 10.0. The molecule has 2 aromatic carbocycles. The number of rotatable bonds is 3. The molecule has 0 amide bonds. The number of benzene rings is 2. The van der Waals surface area contributed by atoms with Gasteiger partial charge < -0.3 is 0 Å². The average molecular weight is 327 g/mol. The normalized spacial score (nSPS) is 10.8. The molecule has 0 spiro atoms. The quantitative estimate of drug-likeness (QED) is 0.570. The number of hydrogen-bond donors (Lipinski definition) is 0. The van der Waals surface area contributed by atoms with Crippen LogP contribution in [-0.2, 0) is 0 Å². The van der Waals surface area contributed by atoms with Crippen molar-refractivity contribution < 1.29 is 0 Å². The van der Waals surface area contributed by atoms with Gasteiger partial charge in [0, 0.05) is 16.8 Å². The number of hydrogen-bond acceptors (Lipinski definition) is 4. The summed E-state index contributed by atoms with van der Waals surface area (Å²) in [6, 6.07) is 22.0. The molecule has 4 rings (SSSR count). The minimum absolute atomic E-state index is 0.476. The van der Waals surface area contributed by atoms with Gasteiger partial charge in [-0.2, -0.15) is 5.10 Å². The Hall–Kier alpha value is -3.34.